The fourth-order valence-electron chi connectivity index (χ4n) is 3.08. The van der Waals surface area contributed by atoms with Crippen molar-refractivity contribution in [2.24, 2.45) is 0 Å². The Bertz CT molecular complexity index is 938. The van der Waals surface area contributed by atoms with Crippen molar-refractivity contribution in [1.29, 1.82) is 0 Å². The molecule has 0 atom stereocenters. The molecule has 1 aromatic heterocycles. The smallest absolute Gasteiger partial charge is 0.243 e. The highest BCUT2D eigenvalue weighted by Crippen LogP contribution is 2.23. The molecule has 0 bridgehead atoms. The van der Waals surface area contributed by atoms with E-state index in [9.17, 15) is 9.59 Å². The third kappa shape index (κ3) is 4.92. The average Bonchev–Trinajstić information content (AvgIpc) is 3.04. The highest BCUT2D eigenvalue weighted by atomic mass is 32.1. The molecule has 1 heterocycles. The predicted octanol–water partition coefficient (Wildman–Crippen LogP) is 3.91. The van der Waals surface area contributed by atoms with Crippen LogP contribution in [0.1, 0.15) is 28.1 Å². The molecule has 140 valence electrons. The van der Waals surface area contributed by atoms with Crippen LogP contribution in [0.5, 0.6) is 0 Å². The Morgan fingerprint density at radius 2 is 1.74 bits per heavy atom. The number of rotatable bonds is 6. The lowest BCUT2D eigenvalue weighted by molar-refractivity contribution is -0.124. The normalized spacial score (nSPS) is 10.8. The molecule has 0 saturated carbocycles. The second-order valence-electron chi connectivity index (χ2n) is 6.67. The Balaban J connectivity index is 1.48. The zero-order valence-electron chi connectivity index (χ0n) is 15.8. The lowest BCUT2D eigenvalue weighted by Gasteiger charge is -2.13. The molecule has 6 heteroatoms. The monoisotopic (exact) mass is 381 g/mol. The summed E-state index contributed by atoms with van der Waals surface area (Å²) in [4.78, 5) is 28.7. The van der Waals surface area contributed by atoms with Crippen molar-refractivity contribution in [2.45, 2.75) is 33.6 Å². The molecule has 2 N–H and O–H groups in total. The molecule has 3 aromatic rings. The minimum absolute atomic E-state index is 0.0363. The van der Waals surface area contributed by atoms with E-state index >= 15 is 0 Å². The summed E-state index contributed by atoms with van der Waals surface area (Å²) in [6.45, 7) is 5.92. The Labute approximate surface area is 162 Å². The summed E-state index contributed by atoms with van der Waals surface area (Å²) in [7, 11) is 0. The Hall–Kier alpha value is -2.73. The van der Waals surface area contributed by atoms with Gasteiger partial charge in [0.1, 0.15) is 0 Å². The van der Waals surface area contributed by atoms with Crippen LogP contribution < -0.4 is 10.6 Å². The van der Waals surface area contributed by atoms with Gasteiger partial charge in [-0.05, 0) is 44.0 Å². The molecular weight excluding hydrogens is 358 g/mol. The quantitative estimate of drug-likeness (QED) is 0.680. The van der Waals surface area contributed by atoms with Crippen molar-refractivity contribution >= 4 is 39.1 Å². The van der Waals surface area contributed by atoms with Gasteiger partial charge in [0.05, 0.1) is 21.8 Å². The number of fused-ring (bicyclic) bond motifs is 1. The van der Waals surface area contributed by atoms with Crippen molar-refractivity contribution < 1.29 is 9.59 Å². The number of aryl methyl sites for hydroxylation is 4. The van der Waals surface area contributed by atoms with E-state index in [0.29, 0.717) is 12.8 Å². The number of amides is 2. The SMILES string of the molecule is Cc1cc(C)c(NC(=O)CNC(=O)CCc2nc3ccccc3s2)c(C)c1. The number of benzene rings is 2. The summed E-state index contributed by atoms with van der Waals surface area (Å²) < 4.78 is 1.12. The van der Waals surface area contributed by atoms with E-state index in [1.54, 1.807) is 11.3 Å². The fourth-order valence-corrected chi connectivity index (χ4v) is 4.04. The van der Waals surface area contributed by atoms with Gasteiger partial charge in [0, 0.05) is 18.5 Å². The zero-order valence-corrected chi connectivity index (χ0v) is 16.6. The molecule has 3 rings (SSSR count). The minimum Gasteiger partial charge on any atom is -0.347 e. The van der Waals surface area contributed by atoms with Crippen LogP contribution >= 0.6 is 11.3 Å². The van der Waals surface area contributed by atoms with Crippen LogP contribution in [0.15, 0.2) is 36.4 Å². The van der Waals surface area contributed by atoms with Crippen molar-refractivity contribution in [3.8, 4) is 0 Å². The van der Waals surface area contributed by atoms with E-state index in [2.05, 4.69) is 15.6 Å². The first-order valence-electron chi connectivity index (χ1n) is 8.91. The number of hydrogen-bond acceptors (Lipinski definition) is 4. The summed E-state index contributed by atoms with van der Waals surface area (Å²) in [5.74, 6) is -0.375. The summed E-state index contributed by atoms with van der Waals surface area (Å²) >= 11 is 1.60. The lowest BCUT2D eigenvalue weighted by Crippen LogP contribution is -2.33. The van der Waals surface area contributed by atoms with Crippen LogP contribution in [0, 0.1) is 20.8 Å². The van der Waals surface area contributed by atoms with Gasteiger partial charge in [-0.15, -0.1) is 11.3 Å². The Kier molecular flexibility index (Phi) is 5.86. The summed E-state index contributed by atoms with van der Waals surface area (Å²) in [6.07, 6.45) is 0.888. The molecular formula is C21H23N3O2S. The number of para-hydroxylation sites is 1. The Morgan fingerprint density at radius 1 is 1.04 bits per heavy atom. The number of nitrogens with zero attached hydrogens (tertiary/aromatic N) is 1. The van der Waals surface area contributed by atoms with E-state index < -0.39 is 0 Å². The van der Waals surface area contributed by atoms with Gasteiger partial charge < -0.3 is 10.6 Å². The van der Waals surface area contributed by atoms with Crippen molar-refractivity contribution in [2.75, 3.05) is 11.9 Å². The van der Waals surface area contributed by atoms with E-state index in [1.807, 2.05) is 57.2 Å². The summed E-state index contributed by atoms with van der Waals surface area (Å²) in [5, 5.41) is 6.50. The van der Waals surface area contributed by atoms with E-state index in [-0.39, 0.29) is 18.4 Å². The minimum atomic E-state index is -0.224. The summed E-state index contributed by atoms with van der Waals surface area (Å²) in [5.41, 5.74) is 4.97. The average molecular weight is 382 g/mol. The molecule has 0 aliphatic heterocycles. The number of thiazole rings is 1. The molecule has 0 aliphatic rings. The van der Waals surface area contributed by atoms with E-state index in [0.717, 1.165) is 37.6 Å². The topological polar surface area (TPSA) is 71.1 Å². The van der Waals surface area contributed by atoms with Gasteiger partial charge in [0.2, 0.25) is 11.8 Å². The number of hydrogen-bond donors (Lipinski definition) is 2. The van der Waals surface area contributed by atoms with Crippen LogP contribution in [0.4, 0.5) is 5.69 Å². The molecule has 5 nitrogen and oxygen atoms in total. The van der Waals surface area contributed by atoms with Gasteiger partial charge in [0.25, 0.3) is 0 Å². The van der Waals surface area contributed by atoms with Crippen LogP contribution in [0.25, 0.3) is 10.2 Å². The maximum absolute atomic E-state index is 12.2. The first-order chi connectivity index (χ1) is 12.9. The molecule has 0 fully saturated rings. The number of anilines is 1. The first kappa shape index (κ1) is 19.0. The Morgan fingerprint density at radius 3 is 2.44 bits per heavy atom. The molecule has 2 aromatic carbocycles. The highest BCUT2D eigenvalue weighted by molar-refractivity contribution is 7.18. The van der Waals surface area contributed by atoms with Crippen LogP contribution in [-0.4, -0.2) is 23.3 Å². The molecule has 0 radical (unpaired) electrons. The predicted molar refractivity (Wildman–Crippen MR) is 110 cm³/mol. The van der Waals surface area contributed by atoms with Gasteiger partial charge in [-0.25, -0.2) is 4.98 Å². The van der Waals surface area contributed by atoms with Gasteiger partial charge in [-0.3, -0.25) is 9.59 Å². The molecule has 2 amide bonds. The second kappa shape index (κ2) is 8.31. The van der Waals surface area contributed by atoms with Gasteiger partial charge in [-0.2, -0.15) is 0 Å². The number of nitrogens with one attached hydrogen (secondary N) is 2. The van der Waals surface area contributed by atoms with Gasteiger partial charge in [-0.1, -0.05) is 29.8 Å². The third-order valence-corrected chi connectivity index (χ3v) is 5.39. The molecule has 0 unspecified atom stereocenters. The standard InChI is InChI=1S/C21H23N3O2S/c1-13-10-14(2)21(15(3)11-13)24-19(26)12-22-18(25)8-9-20-23-16-6-4-5-7-17(16)27-20/h4-7,10-11H,8-9,12H2,1-3H3,(H,22,25)(H,24,26). The highest BCUT2D eigenvalue weighted by Gasteiger charge is 2.11. The fraction of sp³-hybridized carbons (Fsp3) is 0.286. The molecule has 0 aliphatic carbocycles. The largest absolute Gasteiger partial charge is 0.347 e. The van der Waals surface area contributed by atoms with Crippen molar-refractivity contribution in [3.63, 3.8) is 0 Å². The van der Waals surface area contributed by atoms with E-state index in [4.69, 9.17) is 0 Å². The van der Waals surface area contributed by atoms with Crippen molar-refractivity contribution in [1.82, 2.24) is 10.3 Å². The molecule has 0 spiro atoms. The maximum Gasteiger partial charge on any atom is 0.243 e. The van der Waals surface area contributed by atoms with E-state index in [1.165, 1.54) is 0 Å². The third-order valence-electron chi connectivity index (χ3n) is 4.29. The van der Waals surface area contributed by atoms with Gasteiger partial charge >= 0.3 is 0 Å². The molecule has 27 heavy (non-hydrogen) atoms. The van der Waals surface area contributed by atoms with Crippen molar-refractivity contribution in [3.05, 3.63) is 58.1 Å². The first-order valence-corrected chi connectivity index (χ1v) is 9.73. The summed E-state index contributed by atoms with van der Waals surface area (Å²) in [6, 6.07) is 12.0. The maximum atomic E-state index is 12.2. The lowest BCUT2D eigenvalue weighted by atomic mass is 10.1. The van der Waals surface area contributed by atoms with Gasteiger partial charge in [0.15, 0.2) is 0 Å². The van der Waals surface area contributed by atoms with Crippen LogP contribution in [-0.2, 0) is 16.0 Å². The zero-order chi connectivity index (χ0) is 19.4. The number of carbonyl (C=O) groups excluding carboxylic acids is 2. The van der Waals surface area contributed by atoms with Crippen LogP contribution in [0.3, 0.4) is 0 Å². The second-order valence-corrected chi connectivity index (χ2v) is 7.79. The van der Waals surface area contributed by atoms with Crippen LogP contribution in [0.2, 0.25) is 0 Å². The number of aromatic nitrogens is 1. The molecule has 0 saturated heterocycles. The number of carbonyl (C=O) groups is 2.